The fourth-order valence-corrected chi connectivity index (χ4v) is 1.77. The summed E-state index contributed by atoms with van der Waals surface area (Å²) in [6, 6.07) is 13.2. The van der Waals surface area contributed by atoms with Crippen molar-refractivity contribution in [2.75, 3.05) is 0 Å². The molecule has 0 saturated carbocycles. The van der Waals surface area contributed by atoms with Gasteiger partial charge in [0.05, 0.1) is 16.7 Å². The van der Waals surface area contributed by atoms with Crippen LogP contribution < -0.4 is 5.43 Å². The molecule has 0 aliphatic carbocycles. The number of aryl methyl sites for hydroxylation is 1. The Morgan fingerprint density at radius 1 is 1.24 bits per heavy atom. The molecule has 0 heterocycles. The number of nitro benzene ring substituents is 1. The maximum Gasteiger partial charge on any atom is 0.278 e. The number of carbonyl (C=O) groups is 1. The summed E-state index contributed by atoms with van der Waals surface area (Å²) in [5, 5.41) is 14.6. The molecule has 0 radical (unpaired) electrons. The van der Waals surface area contributed by atoms with Crippen molar-refractivity contribution in [3.05, 3.63) is 75.3 Å². The molecule has 0 saturated heterocycles. The summed E-state index contributed by atoms with van der Waals surface area (Å²) in [7, 11) is 0. The molecule has 2 aromatic rings. The highest BCUT2D eigenvalue weighted by molar-refractivity contribution is 5.95. The third-order valence-electron chi connectivity index (χ3n) is 2.78. The zero-order chi connectivity index (χ0) is 15.2. The first kappa shape index (κ1) is 14.4. The smallest absolute Gasteiger partial charge is 0.267 e. The first-order valence-electron chi connectivity index (χ1n) is 6.21. The standard InChI is InChI=1S/C15H13N3O3/c1-11-5-4-7-12(9-11)15(19)17-16-10-13-6-2-3-8-14(13)18(20)21/h2-10H,1H3,(H,17,19)/b16-10-. The summed E-state index contributed by atoms with van der Waals surface area (Å²) >= 11 is 0. The molecule has 6 nitrogen and oxygen atoms in total. The Morgan fingerprint density at radius 2 is 2.00 bits per heavy atom. The second kappa shape index (κ2) is 6.42. The van der Waals surface area contributed by atoms with Crippen molar-refractivity contribution < 1.29 is 9.72 Å². The molecule has 0 aromatic heterocycles. The Labute approximate surface area is 121 Å². The largest absolute Gasteiger partial charge is 0.278 e. The van der Waals surface area contributed by atoms with Gasteiger partial charge in [0, 0.05) is 11.6 Å². The van der Waals surface area contributed by atoms with E-state index in [1.54, 1.807) is 36.4 Å². The first-order chi connectivity index (χ1) is 10.1. The Bertz CT molecular complexity index is 711. The molecule has 106 valence electrons. The molecule has 1 N–H and O–H groups in total. The number of nitro groups is 1. The van der Waals surface area contributed by atoms with Gasteiger partial charge in [-0.2, -0.15) is 5.10 Å². The van der Waals surface area contributed by atoms with Gasteiger partial charge in [-0.15, -0.1) is 0 Å². The van der Waals surface area contributed by atoms with Gasteiger partial charge in [0.2, 0.25) is 0 Å². The van der Waals surface area contributed by atoms with Gasteiger partial charge in [-0.1, -0.05) is 29.8 Å². The molecule has 1 amide bonds. The zero-order valence-corrected chi connectivity index (χ0v) is 11.3. The van der Waals surface area contributed by atoms with Crippen LogP contribution in [-0.4, -0.2) is 17.0 Å². The summed E-state index contributed by atoms with van der Waals surface area (Å²) in [5.74, 6) is -0.367. The number of hydrogen-bond acceptors (Lipinski definition) is 4. The fraction of sp³-hybridized carbons (Fsp3) is 0.0667. The van der Waals surface area contributed by atoms with Crippen LogP contribution in [0.3, 0.4) is 0 Å². The van der Waals surface area contributed by atoms with Crippen molar-refractivity contribution in [2.24, 2.45) is 5.10 Å². The van der Waals surface area contributed by atoms with E-state index in [1.165, 1.54) is 12.3 Å². The van der Waals surface area contributed by atoms with Gasteiger partial charge in [0.15, 0.2) is 0 Å². The van der Waals surface area contributed by atoms with E-state index in [0.29, 0.717) is 11.1 Å². The molecular formula is C15H13N3O3. The van der Waals surface area contributed by atoms with Crippen LogP contribution in [0.25, 0.3) is 0 Å². The maximum atomic E-state index is 11.8. The first-order valence-corrected chi connectivity index (χ1v) is 6.21. The number of amides is 1. The van der Waals surface area contributed by atoms with Crippen molar-refractivity contribution in [1.29, 1.82) is 0 Å². The molecule has 0 aliphatic rings. The molecule has 0 bridgehead atoms. The number of nitrogens with one attached hydrogen (secondary N) is 1. The monoisotopic (exact) mass is 283 g/mol. The SMILES string of the molecule is Cc1cccc(C(=O)N/N=C\c2ccccc2[N+](=O)[O-])c1. The van der Waals surface area contributed by atoms with Gasteiger partial charge >= 0.3 is 0 Å². The second-order valence-electron chi connectivity index (χ2n) is 4.38. The van der Waals surface area contributed by atoms with Crippen molar-refractivity contribution >= 4 is 17.8 Å². The zero-order valence-electron chi connectivity index (χ0n) is 11.3. The average Bonchev–Trinajstić information content (AvgIpc) is 2.47. The molecule has 2 rings (SSSR count). The van der Waals surface area contributed by atoms with Gasteiger partial charge in [-0.05, 0) is 25.1 Å². The highest BCUT2D eigenvalue weighted by Gasteiger charge is 2.10. The number of rotatable bonds is 4. The molecule has 0 aliphatic heterocycles. The number of hydrazone groups is 1. The van der Waals surface area contributed by atoms with Crippen molar-refractivity contribution in [1.82, 2.24) is 5.43 Å². The Hall–Kier alpha value is -3.02. The molecule has 0 spiro atoms. The van der Waals surface area contributed by atoms with Crippen LogP contribution in [0.2, 0.25) is 0 Å². The summed E-state index contributed by atoms with van der Waals surface area (Å²) in [6.45, 7) is 1.88. The highest BCUT2D eigenvalue weighted by Crippen LogP contribution is 2.15. The van der Waals surface area contributed by atoms with E-state index >= 15 is 0 Å². The summed E-state index contributed by atoms with van der Waals surface area (Å²) in [5.41, 5.74) is 4.06. The maximum absolute atomic E-state index is 11.8. The predicted octanol–water partition coefficient (Wildman–Crippen LogP) is 2.67. The minimum atomic E-state index is -0.496. The lowest BCUT2D eigenvalue weighted by molar-refractivity contribution is -0.385. The second-order valence-corrected chi connectivity index (χ2v) is 4.38. The lowest BCUT2D eigenvalue weighted by Gasteiger charge is -2.01. The molecule has 0 fully saturated rings. The van der Waals surface area contributed by atoms with Crippen LogP contribution in [-0.2, 0) is 0 Å². The van der Waals surface area contributed by atoms with Crippen LogP contribution >= 0.6 is 0 Å². The molecule has 6 heteroatoms. The van der Waals surface area contributed by atoms with Crippen LogP contribution in [0.15, 0.2) is 53.6 Å². The summed E-state index contributed by atoms with van der Waals surface area (Å²) < 4.78 is 0. The Balaban J connectivity index is 2.09. The van der Waals surface area contributed by atoms with E-state index in [9.17, 15) is 14.9 Å². The minimum absolute atomic E-state index is 0.0638. The summed E-state index contributed by atoms with van der Waals surface area (Å²) in [4.78, 5) is 22.2. The van der Waals surface area contributed by atoms with E-state index in [1.807, 2.05) is 13.0 Å². The molecule has 21 heavy (non-hydrogen) atoms. The van der Waals surface area contributed by atoms with E-state index in [4.69, 9.17) is 0 Å². The van der Waals surface area contributed by atoms with Gasteiger partial charge in [-0.25, -0.2) is 5.43 Å². The fourth-order valence-electron chi connectivity index (χ4n) is 1.77. The van der Waals surface area contributed by atoms with E-state index in [0.717, 1.165) is 5.56 Å². The minimum Gasteiger partial charge on any atom is -0.267 e. The lowest BCUT2D eigenvalue weighted by Crippen LogP contribution is -2.17. The molecule has 0 atom stereocenters. The van der Waals surface area contributed by atoms with Crippen LogP contribution in [0.1, 0.15) is 21.5 Å². The van der Waals surface area contributed by atoms with Crippen LogP contribution in [0.5, 0.6) is 0 Å². The number of nitrogens with zero attached hydrogens (tertiary/aromatic N) is 2. The van der Waals surface area contributed by atoms with E-state index < -0.39 is 4.92 Å². The van der Waals surface area contributed by atoms with E-state index in [2.05, 4.69) is 10.5 Å². The quantitative estimate of drug-likeness (QED) is 0.532. The van der Waals surface area contributed by atoms with Gasteiger partial charge in [0.25, 0.3) is 11.6 Å². The van der Waals surface area contributed by atoms with Crippen molar-refractivity contribution in [2.45, 2.75) is 6.92 Å². The average molecular weight is 283 g/mol. The van der Waals surface area contributed by atoms with Gasteiger partial charge < -0.3 is 0 Å². The summed E-state index contributed by atoms with van der Waals surface area (Å²) in [6.07, 6.45) is 1.26. The Kier molecular flexibility index (Phi) is 4.40. The van der Waals surface area contributed by atoms with E-state index in [-0.39, 0.29) is 11.6 Å². The molecule has 0 unspecified atom stereocenters. The van der Waals surface area contributed by atoms with Gasteiger partial charge in [-0.3, -0.25) is 14.9 Å². The number of hydrogen-bond donors (Lipinski definition) is 1. The predicted molar refractivity (Wildman–Crippen MR) is 79.3 cm³/mol. The normalized spacial score (nSPS) is 10.5. The number of benzene rings is 2. The molecule has 2 aromatic carbocycles. The van der Waals surface area contributed by atoms with Crippen molar-refractivity contribution in [3.63, 3.8) is 0 Å². The van der Waals surface area contributed by atoms with Crippen LogP contribution in [0, 0.1) is 17.0 Å². The van der Waals surface area contributed by atoms with Crippen molar-refractivity contribution in [3.8, 4) is 0 Å². The molecular weight excluding hydrogens is 270 g/mol. The third kappa shape index (κ3) is 3.73. The number of carbonyl (C=O) groups excluding carboxylic acids is 1. The lowest BCUT2D eigenvalue weighted by atomic mass is 10.1. The van der Waals surface area contributed by atoms with Crippen LogP contribution in [0.4, 0.5) is 5.69 Å². The third-order valence-corrected chi connectivity index (χ3v) is 2.78. The Morgan fingerprint density at radius 3 is 2.71 bits per heavy atom. The van der Waals surface area contributed by atoms with Gasteiger partial charge in [0.1, 0.15) is 0 Å². The topological polar surface area (TPSA) is 84.6 Å². The number of para-hydroxylation sites is 1. The highest BCUT2D eigenvalue weighted by atomic mass is 16.6.